The average Bonchev–Trinajstić information content (AvgIpc) is 2.80. The summed E-state index contributed by atoms with van der Waals surface area (Å²) in [6, 6.07) is 10.6. The molecule has 0 radical (unpaired) electrons. The zero-order chi connectivity index (χ0) is 25.0. The predicted molar refractivity (Wildman–Crippen MR) is 117 cm³/mol. The molecule has 9 nitrogen and oxygen atoms in total. The van der Waals surface area contributed by atoms with Crippen molar-refractivity contribution in [2.45, 2.75) is 12.6 Å². The molecule has 0 bridgehead atoms. The van der Waals surface area contributed by atoms with E-state index in [1.807, 2.05) is 0 Å². The van der Waals surface area contributed by atoms with E-state index in [1.165, 1.54) is 31.5 Å². The van der Waals surface area contributed by atoms with Gasteiger partial charge >= 0.3 is 18.0 Å². The van der Waals surface area contributed by atoms with Gasteiger partial charge in [-0.05, 0) is 36.8 Å². The molecule has 0 saturated heterocycles. The fourth-order valence-corrected chi connectivity index (χ4v) is 2.54. The molecule has 3 amide bonds. The Morgan fingerprint density at radius 3 is 2.56 bits per heavy atom. The monoisotopic (exact) mass is 480 g/mol. The van der Waals surface area contributed by atoms with Gasteiger partial charge in [0.25, 0.3) is 5.91 Å². The minimum Gasteiger partial charge on any atom is -0.483 e. The normalized spacial score (nSPS) is 11.2. The Bertz CT molecular complexity index is 1030. The minimum absolute atomic E-state index is 0.0264. The number of nitrogens with zero attached hydrogens (tertiary/aromatic N) is 1. The largest absolute Gasteiger partial charge is 0.483 e. The number of methoxy groups -OCH3 is 1. The lowest BCUT2D eigenvalue weighted by molar-refractivity contribution is -0.139. The first kappa shape index (κ1) is 26.3. The van der Waals surface area contributed by atoms with Crippen molar-refractivity contribution in [2.24, 2.45) is 5.10 Å². The van der Waals surface area contributed by atoms with E-state index in [4.69, 9.17) is 9.47 Å². The van der Waals surface area contributed by atoms with Crippen LogP contribution in [0.4, 0.5) is 18.9 Å². The van der Waals surface area contributed by atoms with Crippen molar-refractivity contribution in [2.75, 3.05) is 32.2 Å². The van der Waals surface area contributed by atoms with E-state index in [1.54, 1.807) is 18.2 Å². The highest BCUT2D eigenvalue weighted by molar-refractivity contribution is 6.35. The van der Waals surface area contributed by atoms with E-state index in [-0.39, 0.29) is 18.0 Å². The Hall–Kier alpha value is -3.93. The number of alkyl halides is 3. The van der Waals surface area contributed by atoms with Gasteiger partial charge in [-0.15, -0.1) is 0 Å². The van der Waals surface area contributed by atoms with Crippen LogP contribution in [0.1, 0.15) is 17.5 Å². The number of hydrazone groups is 1. The summed E-state index contributed by atoms with van der Waals surface area (Å²) in [4.78, 5) is 35.5. The standard InChI is InChI=1S/C22H23F3N4O5/c1-33-11-5-10-26-20(31)21(32)29-27-13-15-6-2-3-9-18(15)34-14-19(30)28-17-8-4-7-16(12-17)22(23,24)25/h2-4,6-9,12-13H,5,10-11,14H2,1H3,(H,26,31)(H,28,30)(H,29,32). The molecule has 2 aromatic rings. The summed E-state index contributed by atoms with van der Waals surface area (Å²) in [7, 11) is 1.52. The number of rotatable bonds is 10. The first-order chi connectivity index (χ1) is 16.2. The molecule has 0 heterocycles. The van der Waals surface area contributed by atoms with Crippen molar-refractivity contribution in [3.8, 4) is 5.75 Å². The fourth-order valence-electron chi connectivity index (χ4n) is 2.54. The van der Waals surface area contributed by atoms with E-state index in [0.717, 1.165) is 12.1 Å². The lowest BCUT2D eigenvalue weighted by Gasteiger charge is -2.11. The van der Waals surface area contributed by atoms with Crippen molar-refractivity contribution < 1.29 is 37.0 Å². The van der Waals surface area contributed by atoms with Gasteiger partial charge in [0.2, 0.25) is 0 Å². The third-order valence-electron chi connectivity index (χ3n) is 4.14. The molecule has 0 aliphatic rings. The van der Waals surface area contributed by atoms with Gasteiger partial charge in [0, 0.05) is 31.5 Å². The molecule has 0 saturated carbocycles. The van der Waals surface area contributed by atoms with Crippen LogP contribution in [0.2, 0.25) is 0 Å². The number of amides is 3. The molecule has 3 N–H and O–H groups in total. The summed E-state index contributed by atoms with van der Waals surface area (Å²) >= 11 is 0. The highest BCUT2D eigenvalue weighted by Gasteiger charge is 2.30. The summed E-state index contributed by atoms with van der Waals surface area (Å²) in [5.74, 6) is -2.27. The number of hydrogen-bond acceptors (Lipinski definition) is 6. The Balaban J connectivity index is 1.88. The molecule has 0 aliphatic carbocycles. The van der Waals surface area contributed by atoms with Crippen LogP contribution in [-0.4, -0.2) is 50.8 Å². The van der Waals surface area contributed by atoms with Crippen LogP contribution in [0.25, 0.3) is 0 Å². The van der Waals surface area contributed by atoms with Crippen molar-refractivity contribution in [1.82, 2.24) is 10.7 Å². The zero-order valence-electron chi connectivity index (χ0n) is 18.1. The van der Waals surface area contributed by atoms with Crippen molar-refractivity contribution in [3.05, 3.63) is 59.7 Å². The number of carbonyl (C=O) groups excluding carboxylic acids is 3. The Kier molecular flexibility index (Phi) is 10.0. The second-order valence-electron chi connectivity index (χ2n) is 6.75. The molecule has 0 spiro atoms. The molecule has 2 aromatic carbocycles. The molecule has 0 atom stereocenters. The van der Waals surface area contributed by atoms with Crippen LogP contribution in [-0.2, 0) is 25.3 Å². The average molecular weight is 480 g/mol. The number of ether oxygens (including phenoxy) is 2. The highest BCUT2D eigenvalue weighted by Crippen LogP contribution is 2.30. The van der Waals surface area contributed by atoms with E-state index in [9.17, 15) is 27.6 Å². The summed E-state index contributed by atoms with van der Waals surface area (Å²) in [6.07, 6.45) is -2.77. The number of para-hydroxylation sites is 1. The van der Waals surface area contributed by atoms with E-state index in [2.05, 4.69) is 21.2 Å². The fraction of sp³-hybridized carbons (Fsp3) is 0.273. The van der Waals surface area contributed by atoms with Crippen molar-refractivity contribution in [3.63, 3.8) is 0 Å². The van der Waals surface area contributed by atoms with Crippen LogP contribution in [0, 0.1) is 0 Å². The first-order valence-electron chi connectivity index (χ1n) is 10.00. The molecule has 182 valence electrons. The molecule has 0 unspecified atom stereocenters. The smallest absolute Gasteiger partial charge is 0.416 e. The van der Waals surface area contributed by atoms with E-state index < -0.39 is 36.1 Å². The van der Waals surface area contributed by atoms with Crippen molar-refractivity contribution >= 4 is 29.6 Å². The van der Waals surface area contributed by atoms with Gasteiger partial charge in [-0.2, -0.15) is 18.3 Å². The summed E-state index contributed by atoms with van der Waals surface area (Å²) in [5.41, 5.74) is 1.54. The maximum atomic E-state index is 12.8. The maximum absolute atomic E-state index is 12.8. The zero-order valence-corrected chi connectivity index (χ0v) is 18.1. The van der Waals surface area contributed by atoms with Crippen LogP contribution >= 0.6 is 0 Å². The van der Waals surface area contributed by atoms with Gasteiger partial charge in [-0.25, -0.2) is 5.43 Å². The lowest BCUT2D eigenvalue weighted by Crippen LogP contribution is -2.38. The van der Waals surface area contributed by atoms with Gasteiger partial charge in [0.05, 0.1) is 11.8 Å². The summed E-state index contributed by atoms with van der Waals surface area (Å²) in [6.45, 7) is 0.217. The van der Waals surface area contributed by atoms with Crippen LogP contribution in [0.5, 0.6) is 5.75 Å². The number of hydrogen-bond donors (Lipinski definition) is 3. The van der Waals surface area contributed by atoms with Gasteiger partial charge in [0.15, 0.2) is 6.61 Å². The molecule has 2 rings (SSSR count). The molecule has 0 aromatic heterocycles. The number of carbonyl (C=O) groups is 3. The molecular weight excluding hydrogens is 457 g/mol. The highest BCUT2D eigenvalue weighted by atomic mass is 19.4. The number of benzene rings is 2. The van der Waals surface area contributed by atoms with Gasteiger partial charge in [-0.1, -0.05) is 18.2 Å². The van der Waals surface area contributed by atoms with Gasteiger partial charge in [-0.3, -0.25) is 14.4 Å². The molecule has 0 fully saturated rings. The van der Waals surface area contributed by atoms with E-state index in [0.29, 0.717) is 18.6 Å². The Morgan fingerprint density at radius 1 is 1.06 bits per heavy atom. The predicted octanol–water partition coefficient (Wildman–Crippen LogP) is 2.33. The first-order valence-corrected chi connectivity index (χ1v) is 10.00. The van der Waals surface area contributed by atoms with Crippen molar-refractivity contribution in [1.29, 1.82) is 0 Å². The molecule has 0 aliphatic heterocycles. The molecular formula is C22H23F3N4O5. The third kappa shape index (κ3) is 8.90. The second kappa shape index (κ2) is 12.9. The lowest BCUT2D eigenvalue weighted by atomic mass is 10.2. The Labute approximate surface area is 193 Å². The van der Waals surface area contributed by atoms with E-state index >= 15 is 0 Å². The number of nitrogens with one attached hydrogen (secondary N) is 3. The second-order valence-corrected chi connectivity index (χ2v) is 6.75. The quantitative estimate of drug-likeness (QED) is 0.209. The third-order valence-corrected chi connectivity index (χ3v) is 4.14. The van der Waals surface area contributed by atoms with Crippen LogP contribution in [0.15, 0.2) is 53.6 Å². The SMILES string of the molecule is COCCCNC(=O)C(=O)NN=Cc1ccccc1OCC(=O)Nc1cccc(C(F)(F)F)c1. The summed E-state index contributed by atoms with van der Waals surface area (Å²) in [5, 5.41) is 8.44. The van der Waals surface area contributed by atoms with Gasteiger partial charge < -0.3 is 20.1 Å². The summed E-state index contributed by atoms with van der Waals surface area (Å²) < 4.78 is 48.6. The van der Waals surface area contributed by atoms with Gasteiger partial charge in [0.1, 0.15) is 5.75 Å². The molecule has 34 heavy (non-hydrogen) atoms. The molecule has 12 heteroatoms. The Morgan fingerprint density at radius 2 is 1.82 bits per heavy atom. The minimum atomic E-state index is -4.53. The van der Waals surface area contributed by atoms with Crippen LogP contribution in [0.3, 0.4) is 0 Å². The topological polar surface area (TPSA) is 118 Å². The maximum Gasteiger partial charge on any atom is 0.416 e. The van der Waals surface area contributed by atoms with Crippen LogP contribution < -0.4 is 20.8 Å². The number of anilines is 1. The number of halogens is 3.